The van der Waals surface area contributed by atoms with Crippen molar-refractivity contribution in [1.29, 1.82) is 0 Å². The molecule has 2 N–H and O–H groups in total. The van der Waals surface area contributed by atoms with E-state index in [1.807, 2.05) is 6.92 Å². The lowest BCUT2D eigenvalue weighted by Gasteiger charge is -2.31. The molecular weight excluding hydrogens is 358 g/mol. The SMILES string of the molecule is CCCS(=O)(=O)N1CCCc2cc([C@@H]3C[C@H]3NCC3CCNCC3)ccc21. The zero-order valence-electron chi connectivity index (χ0n) is 16.4. The molecule has 0 bridgehead atoms. The number of aryl methyl sites for hydroxylation is 1. The van der Waals surface area contributed by atoms with Crippen LogP contribution in [0, 0.1) is 5.92 Å². The van der Waals surface area contributed by atoms with Crippen LogP contribution in [0.15, 0.2) is 18.2 Å². The molecule has 2 aliphatic heterocycles. The van der Waals surface area contributed by atoms with E-state index in [1.165, 1.54) is 30.4 Å². The Morgan fingerprint density at radius 3 is 2.85 bits per heavy atom. The van der Waals surface area contributed by atoms with Crippen LogP contribution in [0.5, 0.6) is 0 Å². The van der Waals surface area contributed by atoms with Gasteiger partial charge in [-0.05, 0) is 81.3 Å². The van der Waals surface area contributed by atoms with Gasteiger partial charge in [0.1, 0.15) is 0 Å². The van der Waals surface area contributed by atoms with Crippen LogP contribution in [0.1, 0.15) is 56.1 Å². The Hall–Kier alpha value is -1.11. The molecule has 27 heavy (non-hydrogen) atoms. The van der Waals surface area contributed by atoms with Gasteiger partial charge in [-0.3, -0.25) is 4.31 Å². The van der Waals surface area contributed by atoms with E-state index >= 15 is 0 Å². The van der Waals surface area contributed by atoms with Crippen molar-refractivity contribution in [1.82, 2.24) is 10.6 Å². The fraction of sp³-hybridized carbons (Fsp3) is 0.714. The van der Waals surface area contributed by atoms with Gasteiger partial charge < -0.3 is 10.6 Å². The number of hydrogen-bond donors (Lipinski definition) is 2. The van der Waals surface area contributed by atoms with Crippen molar-refractivity contribution in [2.45, 2.75) is 57.4 Å². The van der Waals surface area contributed by atoms with Crippen LogP contribution < -0.4 is 14.9 Å². The second-order valence-corrected chi connectivity index (χ2v) is 10.4. The van der Waals surface area contributed by atoms with Gasteiger partial charge in [0.15, 0.2) is 0 Å². The summed E-state index contributed by atoms with van der Waals surface area (Å²) in [5, 5.41) is 7.20. The van der Waals surface area contributed by atoms with Crippen molar-refractivity contribution in [2.75, 3.05) is 36.2 Å². The molecular formula is C21H33N3O2S. The maximum absolute atomic E-state index is 12.6. The molecule has 3 aliphatic rings. The molecule has 0 amide bonds. The summed E-state index contributed by atoms with van der Waals surface area (Å²) in [6.45, 7) is 6.00. The summed E-state index contributed by atoms with van der Waals surface area (Å²) in [6.07, 6.45) is 6.35. The first-order valence-corrected chi connectivity index (χ1v) is 12.3. The van der Waals surface area contributed by atoms with Crippen molar-refractivity contribution in [3.05, 3.63) is 29.3 Å². The van der Waals surface area contributed by atoms with E-state index in [2.05, 4.69) is 28.8 Å². The van der Waals surface area contributed by atoms with Gasteiger partial charge in [-0.25, -0.2) is 8.42 Å². The fourth-order valence-corrected chi connectivity index (χ4v) is 6.28. The first-order chi connectivity index (χ1) is 13.1. The molecule has 2 fully saturated rings. The fourth-order valence-electron chi connectivity index (χ4n) is 4.66. The maximum atomic E-state index is 12.6. The smallest absolute Gasteiger partial charge is 0.235 e. The molecule has 150 valence electrons. The molecule has 0 aromatic heterocycles. The van der Waals surface area contributed by atoms with Gasteiger partial charge in [0.25, 0.3) is 0 Å². The van der Waals surface area contributed by atoms with Crippen LogP contribution in [0.4, 0.5) is 5.69 Å². The topological polar surface area (TPSA) is 61.4 Å². The second kappa shape index (κ2) is 8.10. The van der Waals surface area contributed by atoms with Gasteiger partial charge in [0.05, 0.1) is 11.4 Å². The molecule has 2 heterocycles. The standard InChI is InChI=1S/C21H33N3O2S/c1-2-12-27(25,26)24-11-3-4-18-13-17(5-6-21(18)24)19-14-20(19)23-15-16-7-9-22-10-8-16/h5-6,13,16,19-20,22-23H,2-4,7-12,14-15H2,1H3/t19-,20+/m0/s1. The number of rotatable bonds is 7. The van der Waals surface area contributed by atoms with Crippen molar-refractivity contribution in [2.24, 2.45) is 5.92 Å². The highest BCUT2D eigenvalue weighted by molar-refractivity contribution is 7.92. The summed E-state index contributed by atoms with van der Waals surface area (Å²) in [4.78, 5) is 0. The third kappa shape index (κ3) is 4.33. The third-order valence-electron chi connectivity index (χ3n) is 6.32. The summed E-state index contributed by atoms with van der Waals surface area (Å²) in [5.74, 6) is 1.65. The number of benzene rings is 1. The molecule has 2 atom stereocenters. The zero-order chi connectivity index (χ0) is 18.9. The number of fused-ring (bicyclic) bond motifs is 1. The summed E-state index contributed by atoms with van der Waals surface area (Å²) >= 11 is 0. The lowest BCUT2D eigenvalue weighted by molar-refractivity contribution is 0.355. The van der Waals surface area contributed by atoms with E-state index < -0.39 is 10.0 Å². The van der Waals surface area contributed by atoms with Crippen LogP contribution >= 0.6 is 0 Å². The average molecular weight is 392 g/mol. The zero-order valence-corrected chi connectivity index (χ0v) is 17.2. The summed E-state index contributed by atoms with van der Waals surface area (Å²) in [6, 6.07) is 7.09. The quantitative estimate of drug-likeness (QED) is 0.750. The van der Waals surface area contributed by atoms with E-state index in [-0.39, 0.29) is 5.75 Å². The molecule has 6 heteroatoms. The molecule has 4 rings (SSSR count). The maximum Gasteiger partial charge on any atom is 0.235 e. The molecule has 1 aromatic carbocycles. The molecule has 1 saturated heterocycles. The molecule has 0 radical (unpaired) electrons. The van der Waals surface area contributed by atoms with Crippen molar-refractivity contribution >= 4 is 15.7 Å². The minimum Gasteiger partial charge on any atom is -0.317 e. The van der Waals surface area contributed by atoms with Crippen LogP contribution in [-0.2, 0) is 16.4 Å². The Morgan fingerprint density at radius 2 is 2.07 bits per heavy atom. The highest BCUT2D eigenvalue weighted by Crippen LogP contribution is 2.43. The van der Waals surface area contributed by atoms with Crippen LogP contribution in [0.2, 0.25) is 0 Å². The summed E-state index contributed by atoms with van der Waals surface area (Å²) in [5.41, 5.74) is 3.51. The number of piperidine rings is 1. The van der Waals surface area contributed by atoms with Gasteiger partial charge in [-0.2, -0.15) is 0 Å². The lowest BCUT2D eigenvalue weighted by atomic mass is 9.97. The molecule has 1 aliphatic carbocycles. The average Bonchev–Trinajstić information content (AvgIpc) is 3.46. The van der Waals surface area contributed by atoms with Gasteiger partial charge in [0, 0.05) is 18.5 Å². The Balaban J connectivity index is 1.40. The van der Waals surface area contributed by atoms with Gasteiger partial charge in [-0.1, -0.05) is 19.1 Å². The monoisotopic (exact) mass is 391 g/mol. The summed E-state index contributed by atoms with van der Waals surface area (Å²) in [7, 11) is -3.18. The Morgan fingerprint density at radius 1 is 1.26 bits per heavy atom. The number of hydrogen-bond acceptors (Lipinski definition) is 4. The van der Waals surface area contributed by atoms with Crippen molar-refractivity contribution in [3.63, 3.8) is 0 Å². The first kappa shape index (κ1) is 19.2. The van der Waals surface area contributed by atoms with Crippen molar-refractivity contribution < 1.29 is 8.42 Å². The molecule has 5 nitrogen and oxygen atoms in total. The Bertz CT molecular complexity index is 759. The van der Waals surface area contributed by atoms with Gasteiger partial charge >= 0.3 is 0 Å². The lowest BCUT2D eigenvalue weighted by Crippen LogP contribution is -2.37. The summed E-state index contributed by atoms with van der Waals surface area (Å²) < 4.78 is 26.8. The van der Waals surface area contributed by atoms with Gasteiger partial charge in [-0.15, -0.1) is 0 Å². The van der Waals surface area contributed by atoms with Crippen LogP contribution in [0.3, 0.4) is 0 Å². The molecule has 1 aromatic rings. The third-order valence-corrected chi connectivity index (χ3v) is 8.30. The highest BCUT2D eigenvalue weighted by atomic mass is 32.2. The van der Waals surface area contributed by atoms with E-state index in [0.717, 1.165) is 44.1 Å². The highest BCUT2D eigenvalue weighted by Gasteiger charge is 2.39. The van der Waals surface area contributed by atoms with E-state index in [0.29, 0.717) is 24.9 Å². The van der Waals surface area contributed by atoms with Gasteiger partial charge in [0.2, 0.25) is 10.0 Å². The van der Waals surface area contributed by atoms with E-state index in [9.17, 15) is 8.42 Å². The minimum atomic E-state index is -3.18. The largest absolute Gasteiger partial charge is 0.317 e. The molecule has 0 spiro atoms. The van der Waals surface area contributed by atoms with Crippen LogP contribution in [0.25, 0.3) is 0 Å². The first-order valence-electron chi connectivity index (χ1n) is 10.7. The van der Waals surface area contributed by atoms with Crippen molar-refractivity contribution in [3.8, 4) is 0 Å². The Labute approximate surface area is 164 Å². The van der Waals surface area contributed by atoms with Crippen LogP contribution in [-0.4, -0.2) is 46.4 Å². The predicted molar refractivity (Wildman–Crippen MR) is 111 cm³/mol. The number of nitrogens with zero attached hydrogens (tertiary/aromatic N) is 1. The second-order valence-electron chi connectivity index (χ2n) is 8.43. The molecule has 1 saturated carbocycles. The normalized spacial score (nSPS) is 26.0. The number of sulfonamides is 1. The Kier molecular flexibility index (Phi) is 5.76. The number of anilines is 1. The van der Waals surface area contributed by atoms with E-state index in [4.69, 9.17) is 0 Å². The molecule has 0 unspecified atom stereocenters. The predicted octanol–water partition coefficient (Wildman–Crippen LogP) is 2.62. The van der Waals surface area contributed by atoms with E-state index in [1.54, 1.807) is 4.31 Å². The minimum absolute atomic E-state index is 0.236. The number of nitrogens with one attached hydrogen (secondary N) is 2.